The maximum Gasteiger partial charge on any atom is 0.252 e. The van der Waals surface area contributed by atoms with Crippen molar-refractivity contribution in [2.75, 3.05) is 6.54 Å². The van der Waals surface area contributed by atoms with E-state index in [0.29, 0.717) is 17.3 Å². The number of halogens is 2. The van der Waals surface area contributed by atoms with E-state index in [1.54, 1.807) is 0 Å². The van der Waals surface area contributed by atoms with Crippen molar-refractivity contribution in [1.29, 1.82) is 0 Å². The maximum absolute atomic E-state index is 12.9. The summed E-state index contributed by atoms with van der Waals surface area (Å²) in [5, 5.41) is 2.85. The second-order valence-corrected chi connectivity index (χ2v) is 5.84. The summed E-state index contributed by atoms with van der Waals surface area (Å²) >= 11 is 3.65. The first-order valence-corrected chi connectivity index (χ1v) is 7.11. The second-order valence-electron chi connectivity index (χ2n) is 4.66. The van der Waals surface area contributed by atoms with Crippen LogP contribution in [0.3, 0.4) is 0 Å². The summed E-state index contributed by atoms with van der Waals surface area (Å²) in [7, 11) is 0. The van der Waals surface area contributed by atoms with E-state index >= 15 is 0 Å². The third-order valence-corrected chi connectivity index (χ3v) is 4.51. The summed E-state index contributed by atoms with van der Waals surface area (Å²) in [6, 6.07) is 1.20. The van der Waals surface area contributed by atoms with Gasteiger partial charge in [-0.05, 0) is 24.8 Å². The molecule has 1 aromatic heterocycles. The van der Waals surface area contributed by atoms with Crippen LogP contribution in [0.2, 0.25) is 0 Å². The van der Waals surface area contributed by atoms with Gasteiger partial charge in [0, 0.05) is 17.6 Å². The van der Waals surface area contributed by atoms with Crippen LogP contribution < -0.4 is 5.32 Å². The van der Waals surface area contributed by atoms with Crippen molar-refractivity contribution in [2.24, 2.45) is 5.92 Å². The number of carbonyl (C=O) groups is 1. The summed E-state index contributed by atoms with van der Waals surface area (Å²) in [5.41, 5.74) is 0.275. The Balaban J connectivity index is 1.88. The number of rotatable bonds is 3. The highest BCUT2D eigenvalue weighted by Gasteiger charge is 2.23. The van der Waals surface area contributed by atoms with Crippen LogP contribution in [0.15, 0.2) is 18.5 Å². The molecule has 1 N–H and O–H groups in total. The van der Waals surface area contributed by atoms with Crippen molar-refractivity contribution in [2.45, 2.75) is 30.5 Å². The molecule has 1 heterocycles. The van der Waals surface area contributed by atoms with Crippen LogP contribution in [0.5, 0.6) is 0 Å². The number of pyridine rings is 1. The second kappa shape index (κ2) is 6.27. The van der Waals surface area contributed by atoms with Crippen molar-refractivity contribution in [3.63, 3.8) is 0 Å². The van der Waals surface area contributed by atoms with Gasteiger partial charge in [-0.3, -0.25) is 9.78 Å². The molecule has 1 aromatic rings. The summed E-state index contributed by atoms with van der Waals surface area (Å²) in [4.78, 5) is 16.0. The Labute approximate surface area is 114 Å². The van der Waals surface area contributed by atoms with E-state index in [9.17, 15) is 9.18 Å². The predicted molar refractivity (Wildman–Crippen MR) is 71.2 cm³/mol. The average molecular weight is 315 g/mol. The van der Waals surface area contributed by atoms with Gasteiger partial charge in [-0.1, -0.05) is 28.8 Å². The molecule has 1 amide bonds. The van der Waals surface area contributed by atoms with Gasteiger partial charge in [-0.2, -0.15) is 0 Å². The number of nitrogens with one attached hydrogen (secondary N) is 1. The lowest BCUT2D eigenvalue weighted by molar-refractivity contribution is 0.0943. The number of nitrogens with zero attached hydrogens (tertiary/aromatic N) is 1. The van der Waals surface area contributed by atoms with Gasteiger partial charge >= 0.3 is 0 Å². The molecule has 1 saturated carbocycles. The molecule has 0 bridgehead atoms. The maximum atomic E-state index is 12.9. The van der Waals surface area contributed by atoms with Gasteiger partial charge in [0.1, 0.15) is 5.82 Å². The Hall–Kier alpha value is -0.970. The van der Waals surface area contributed by atoms with Crippen LogP contribution in [0, 0.1) is 11.7 Å². The monoisotopic (exact) mass is 314 g/mol. The van der Waals surface area contributed by atoms with Crippen molar-refractivity contribution in [3.05, 3.63) is 29.8 Å². The zero-order valence-corrected chi connectivity index (χ0v) is 11.6. The quantitative estimate of drug-likeness (QED) is 0.872. The molecular formula is C13H16BrFN2O. The SMILES string of the molecule is O=C(NCC1CCCCC1Br)c1cncc(F)c1. The Kier molecular flexibility index (Phi) is 4.69. The van der Waals surface area contributed by atoms with Crippen molar-refractivity contribution in [1.82, 2.24) is 10.3 Å². The van der Waals surface area contributed by atoms with Crippen LogP contribution in [0.25, 0.3) is 0 Å². The van der Waals surface area contributed by atoms with Gasteiger partial charge in [0.05, 0.1) is 11.8 Å². The number of aromatic nitrogens is 1. The summed E-state index contributed by atoms with van der Waals surface area (Å²) in [5.74, 6) is -0.282. The van der Waals surface area contributed by atoms with Gasteiger partial charge in [0.2, 0.25) is 0 Å². The van der Waals surface area contributed by atoms with E-state index in [4.69, 9.17) is 0 Å². The Morgan fingerprint density at radius 3 is 2.94 bits per heavy atom. The van der Waals surface area contributed by atoms with E-state index < -0.39 is 5.82 Å². The van der Waals surface area contributed by atoms with Gasteiger partial charge in [0.15, 0.2) is 0 Å². The van der Waals surface area contributed by atoms with E-state index in [1.807, 2.05) is 0 Å². The molecule has 3 nitrogen and oxygen atoms in total. The number of alkyl halides is 1. The van der Waals surface area contributed by atoms with Crippen molar-refractivity contribution < 1.29 is 9.18 Å². The summed E-state index contributed by atoms with van der Waals surface area (Å²) in [6.07, 6.45) is 7.20. The fourth-order valence-corrected chi connectivity index (χ4v) is 3.03. The standard InChI is InChI=1S/C13H16BrFN2O/c14-12-4-2-1-3-9(12)7-17-13(18)10-5-11(15)8-16-6-10/h5-6,8-9,12H,1-4,7H2,(H,17,18). The molecule has 2 rings (SSSR count). The largest absolute Gasteiger partial charge is 0.352 e. The van der Waals surface area contributed by atoms with Crippen molar-refractivity contribution >= 4 is 21.8 Å². The molecular weight excluding hydrogens is 299 g/mol. The van der Waals surface area contributed by atoms with Crippen LogP contribution in [0.4, 0.5) is 4.39 Å². The van der Waals surface area contributed by atoms with Gasteiger partial charge in [-0.25, -0.2) is 4.39 Å². The zero-order chi connectivity index (χ0) is 13.0. The lowest BCUT2D eigenvalue weighted by Gasteiger charge is -2.27. The average Bonchev–Trinajstić information content (AvgIpc) is 2.37. The number of hydrogen-bond acceptors (Lipinski definition) is 2. The first kappa shape index (κ1) is 13.5. The van der Waals surface area contributed by atoms with E-state index in [0.717, 1.165) is 19.0 Å². The molecule has 0 aliphatic heterocycles. The Morgan fingerprint density at radius 1 is 1.44 bits per heavy atom. The number of hydrogen-bond donors (Lipinski definition) is 1. The molecule has 1 fully saturated rings. The Morgan fingerprint density at radius 2 is 2.22 bits per heavy atom. The third kappa shape index (κ3) is 3.51. The number of amides is 1. The summed E-state index contributed by atoms with van der Waals surface area (Å²) in [6.45, 7) is 0.630. The highest BCUT2D eigenvalue weighted by atomic mass is 79.9. The van der Waals surface area contributed by atoms with E-state index in [1.165, 1.54) is 25.1 Å². The van der Waals surface area contributed by atoms with Gasteiger partial charge < -0.3 is 5.32 Å². The minimum atomic E-state index is -0.487. The number of carbonyl (C=O) groups excluding carboxylic acids is 1. The lowest BCUT2D eigenvalue weighted by atomic mass is 9.89. The van der Waals surface area contributed by atoms with E-state index in [2.05, 4.69) is 26.2 Å². The molecule has 1 aliphatic carbocycles. The summed E-state index contributed by atoms with van der Waals surface area (Å²) < 4.78 is 12.9. The molecule has 0 spiro atoms. The highest BCUT2D eigenvalue weighted by Crippen LogP contribution is 2.29. The first-order valence-electron chi connectivity index (χ1n) is 6.19. The molecule has 1 aliphatic rings. The normalized spacial score (nSPS) is 23.7. The van der Waals surface area contributed by atoms with Gasteiger partial charge in [0.25, 0.3) is 5.91 Å². The van der Waals surface area contributed by atoms with E-state index in [-0.39, 0.29) is 11.5 Å². The smallest absolute Gasteiger partial charge is 0.252 e. The van der Waals surface area contributed by atoms with Crippen LogP contribution in [-0.2, 0) is 0 Å². The molecule has 2 unspecified atom stereocenters. The molecule has 5 heteroatoms. The third-order valence-electron chi connectivity index (χ3n) is 3.31. The lowest BCUT2D eigenvalue weighted by Crippen LogP contribution is -2.34. The van der Waals surface area contributed by atoms with Gasteiger partial charge in [-0.15, -0.1) is 0 Å². The molecule has 0 aromatic carbocycles. The fraction of sp³-hybridized carbons (Fsp3) is 0.538. The van der Waals surface area contributed by atoms with Crippen LogP contribution >= 0.6 is 15.9 Å². The molecule has 0 radical (unpaired) electrons. The fourth-order valence-electron chi connectivity index (χ4n) is 2.25. The molecule has 98 valence electrons. The minimum Gasteiger partial charge on any atom is -0.352 e. The topological polar surface area (TPSA) is 42.0 Å². The zero-order valence-electron chi connectivity index (χ0n) is 10.0. The van der Waals surface area contributed by atoms with Crippen LogP contribution in [0.1, 0.15) is 36.0 Å². The minimum absolute atomic E-state index is 0.257. The van der Waals surface area contributed by atoms with Crippen LogP contribution in [-0.4, -0.2) is 22.3 Å². The first-order chi connectivity index (χ1) is 8.66. The van der Waals surface area contributed by atoms with Crippen molar-refractivity contribution in [3.8, 4) is 0 Å². The molecule has 0 saturated heterocycles. The predicted octanol–water partition coefficient (Wildman–Crippen LogP) is 2.90. The molecule has 18 heavy (non-hydrogen) atoms. The Bertz CT molecular complexity index is 427. The molecule has 2 atom stereocenters. The highest BCUT2D eigenvalue weighted by molar-refractivity contribution is 9.09.